The molecule has 2 amide bonds. The summed E-state index contributed by atoms with van der Waals surface area (Å²) in [5.74, 6) is -0.286. The zero-order valence-electron chi connectivity index (χ0n) is 16.2. The highest BCUT2D eigenvalue weighted by Gasteiger charge is 2.22. The third-order valence-electron chi connectivity index (χ3n) is 5.15. The lowest BCUT2D eigenvalue weighted by molar-refractivity contribution is -0.125. The number of carbonyl (C=O) groups excluding carboxylic acids is 2. The lowest BCUT2D eigenvalue weighted by Crippen LogP contribution is -2.36. The summed E-state index contributed by atoms with van der Waals surface area (Å²) in [5, 5.41) is 6.30. The molecule has 0 aliphatic carbocycles. The third kappa shape index (κ3) is 4.51. The smallest absolute Gasteiger partial charge is 0.240 e. The Morgan fingerprint density at radius 1 is 0.966 bits per heavy atom. The maximum atomic E-state index is 12.6. The molecule has 0 fully saturated rings. The first-order valence-corrected chi connectivity index (χ1v) is 9.90. The molecule has 1 N–H and O–H groups in total. The van der Waals surface area contributed by atoms with Crippen molar-refractivity contribution in [3.8, 4) is 0 Å². The molecule has 0 aromatic heterocycles. The van der Waals surface area contributed by atoms with Crippen LogP contribution >= 0.6 is 0 Å². The van der Waals surface area contributed by atoms with E-state index in [-0.39, 0.29) is 24.7 Å². The predicted molar refractivity (Wildman–Crippen MR) is 116 cm³/mol. The predicted octanol–water partition coefficient (Wildman–Crippen LogP) is 4.05. The van der Waals surface area contributed by atoms with E-state index in [0.29, 0.717) is 6.54 Å². The summed E-state index contributed by atoms with van der Waals surface area (Å²) in [6.45, 7) is 0.706. The molecule has 3 aromatic rings. The van der Waals surface area contributed by atoms with E-state index in [4.69, 9.17) is 0 Å². The van der Waals surface area contributed by atoms with E-state index in [1.807, 2.05) is 54.6 Å². The molecule has 1 aliphatic heterocycles. The summed E-state index contributed by atoms with van der Waals surface area (Å²) in [4.78, 5) is 26.5. The molecule has 5 nitrogen and oxygen atoms in total. The van der Waals surface area contributed by atoms with Gasteiger partial charge in [0.25, 0.3) is 0 Å². The van der Waals surface area contributed by atoms with Crippen molar-refractivity contribution in [1.29, 1.82) is 0 Å². The molecular formula is C24H23N3O2. The Bertz CT molecular complexity index is 1070. The first-order valence-electron chi connectivity index (χ1n) is 9.90. The van der Waals surface area contributed by atoms with Crippen LogP contribution < -0.4 is 10.3 Å². The Morgan fingerprint density at radius 2 is 1.76 bits per heavy atom. The maximum absolute atomic E-state index is 12.6. The van der Waals surface area contributed by atoms with Gasteiger partial charge in [-0.3, -0.25) is 9.59 Å². The van der Waals surface area contributed by atoms with Crippen LogP contribution in [0.2, 0.25) is 0 Å². The van der Waals surface area contributed by atoms with Crippen LogP contribution in [0.25, 0.3) is 10.8 Å². The largest absolute Gasteiger partial charge is 0.312 e. The van der Waals surface area contributed by atoms with Crippen molar-refractivity contribution in [1.82, 2.24) is 5.43 Å². The molecule has 0 spiro atoms. The molecule has 0 atom stereocenters. The van der Waals surface area contributed by atoms with Gasteiger partial charge in [-0.2, -0.15) is 5.10 Å². The van der Waals surface area contributed by atoms with Crippen molar-refractivity contribution in [2.24, 2.45) is 5.10 Å². The molecule has 5 heteroatoms. The van der Waals surface area contributed by atoms with E-state index in [2.05, 4.69) is 22.7 Å². The van der Waals surface area contributed by atoms with Gasteiger partial charge < -0.3 is 4.90 Å². The normalized spacial score (nSPS) is 13.4. The van der Waals surface area contributed by atoms with Gasteiger partial charge in [-0.05, 0) is 46.9 Å². The van der Waals surface area contributed by atoms with E-state index in [0.717, 1.165) is 34.9 Å². The van der Waals surface area contributed by atoms with E-state index < -0.39 is 0 Å². The number of nitrogens with zero attached hydrogens (tertiary/aromatic N) is 2. The average Bonchev–Trinajstić information content (AvgIpc) is 2.77. The van der Waals surface area contributed by atoms with Crippen molar-refractivity contribution in [3.63, 3.8) is 0 Å². The van der Waals surface area contributed by atoms with Crippen molar-refractivity contribution < 1.29 is 9.59 Å². The second-order valence-electron chi connectivity index (χ2n) is 7.18. The summed E-state index contributed by atoms with van der Waals surface area (Å²) in [7, 11) is 0. The summed E-state index contributed by atoms with van der Waals surface area (Å²) >= 11 is 0. The Labute approximate surface area is 170 Å². The second kappa shape index (κ2) is 8.69. The zero-order chi connectivity index (χ0) is 20.1. The second-order valence-corrected chi connectivity index (χ2v) is 7.18. The Hall–Kier alpha value is -3.47. The monoisotopic (exact) mass is 385 g/mol. The number of carbonyl (C=O) groups is 2. The molecule has 0 saturated heterocycles. The van der Waals surface area contributed by atoms with Crippen LogP contribution in [0.15, 0.2) is 71.8 Å². The summed E-state index contributed by atoms with van der Waals surface area (Å²) in [5.41, 5.74) is 5.59. The Balaban J connectivity index is 1.30. The Kier molecular flexibility index (Phi) is 5.66. The third-order valence-corrected chi connectivity index (χ3v) is 5.15. The van der Waals surface area contributed by atoms with Crippen LogP contribution in [-0.2, 0) is 16.0 Å². The molecule has 0 radical (unpaired) electrons. The van der Waals surface area contributed by atoms with E-state index >= 15 is 0 Å². The van der Waals surface area contributed by atoms with Crippen LogP contribution in [-0.4, -0.2) is 24.6 Å². The topological polar surface area (TPSA) is 61.8 Å². The van der Waals surface area contributed by atoms with Gasteiger partial charge >= 0.3 is 0 Å². The van der Waals surface area contributed by atoms with Gasteiger partial charge in [-0.25, -0.2) is 5.43 Å². The first kappa shape index (κ1) is 18.9. The van der Waals surface area contributed by atoms with Gasteiger partial charge in [0.2, 0.25) is 11.8 Å². The number of hydrogen-bond donors (Lipinski definition) is 1. The molecule has 0 unspecified atom stereocenters. The molecule has 0 saturated carbocycles. The SMILES string of the molecule is O=C(CCC(=O)N1CCCc2ccccc21)N/N=C/c1ccc2ccccc2c1. The van der Waals surface area contributed by atoms with Crippen molar-refractivity contribution in [3.05, 3.63) is 77.9 Å². The van der Waals surface area contributed by atoms with Crippen molar-refractivity contribution >= 4 is 34.5 Å². The van der Waals surface area contributed by atoms with Gasteiger partial charge in [-0.15, -0.1) is 0 Å². The summed E-state index contributed by atoms with van der Waals surface area (Å²) in [6.07, 6.45) is 3.85. The molecule has 1 aliphatic rings. The van der Waals surface area contributed by atoms with E-state index in [9.17, 15) is 9.59 Å². The molecule has 1 heterocycles. The van der Waals surface area contributed by atoms with Gasteiger partial charge in [-0.1, -0.05) is 54.6 Å². The quantitative estimate of drug-likeness (QED) is 0.532. The molecule has 146 valence electrons. The van der Waals surface area contributed by atoms with Crippen LogP contribution in [0.5, 0.6) is 0 Å². The van der Waals surface area contributed by atoms with E-state index in [1.54, 1.807) is 11.1 Å². The highest BCUT2D eigenvalue weighted by atomic mass is 16.2. The molecular weight excluding hydrogens is 362 g/mol. The number of hydrogen-bond acceptors (Lipinski definition) is 3. The highest BCUT2D eigenvalue weighted by Crippen LogP contribution is 2.27. The number of aryl methyl sites for hydroxylation is 1. The van der Waals surface area contributed by atoms with Crippen LogP contribution in [0.3, 0.4) is 0 Å². The number of fused-ring (bicyclic) bond motifs is 2. The summed E-state index contributed by atoms with van der Waals surface area (Å²) in [6, 6.07) is 22.0. The number of hydrazone groups is 1. The first-order chi connectivity index (χ1) is 14.2. The molecule has 29 heavy (non-hydrogen) atoms. The number of nitrogens with one attached hydrogen (secondary N) is 1. The minimum atomic E-state index is -0.263. The van der Waals surface area contributed by atoms with Crippen LogP contribution in [0.1, 0.15) is 30.4 Å². The van der Waals surface area contributed by atoms with Crippen molar-refractivity contribution in [2.75, 3.05) is 11.4 Å². The number of para-hydroxylation sites is 1. The minimum Gasteiger partial charge on any atom is -0.312 e. The fourth-order valence-electron chi connectivity index (χ4n) is 3.67. The molecule has 0 bridgehead atoms. The van der Waals surface area contributed by atoms with Gasteiger partial charge in [0.1, 0.15) is 0 Å². The standard InChI is InChI=1S/C24H23N3O2/c28-23(26-25-17-18-11-12-19-6-1-2-8-21(19)16-18)13-14-24(29)27-15-5-9-20-7-3-4-10-22(20)27/h1-4,6-8,10-12,16-17H,5,9,13-15H2,(H,26,28)/b25-17+. The fraction of sp³-hybridized carbons (Fsp3) is 0.208. The van der Waals surface area contributed by atoms with Gasteiger partial charge in [0, 0.05) is 25.1 Å². The number of benzene rings is 3. The molecule has 4 rings (SSSR count). The number of rotatable bonds is 5. The van der Waals surface area contributed by atoms with Crippen LogP contribution in [0, 0.1) is 0 Å². The highest BCUT2D eigenvalue weighted by molar-refractivity contribution is 5.96. The molecule has 3 aromatic carbocycles. The average molecular weight is 385 g/mol. The Morgan fingerprint density at radius 3 is 2.66 bits per heavy atom. The van der Waals surface area contributed by atoms with E-state index in [1.165, 1.54) is 5.56 Å². The summed E-state index contributed by atoms with van der Waals surface area (Å²) < 4.78 is 0. The lowest BCUT2D eigenvalue weighted by Gasteiger charge is -2.29. The zero-order valence-corrected chi connectivity index (χ0v) is 16.2. The number of anilines is 1. The van der Waals surface area contributed by atoms with Crippen molar-refractivity contribution in [2.45, 2.75) is 25.7 Å². The number of amides is 2. The lowest BCUT2D eigenvalue weighted by atomic mass is 10.0. The van der Waals surface area contributed by atoms with Gasteiger partial charge in [0.15, 0.2) is 0 Å². The van der Waals surface area contributed by atoms with Gasteiger partial charge in [0.05, 0.1) is 6.21 Å². The fourth-order valence-corrected chi connectivity index (χ4v) is 3.67. The minimum absolute atomic E-state index is 0.0224. The van der Waals surface area contributed by atoms with Crippen LogP contribution in [0.4, 0.5) is 5.69 Å². The maximum Gasteiger partial charge on any atom is 0.240 e.